The summed E-state index contributed by atoms with van der Waals surface area (Å²) in [5.74, 6) is -0.407. The van der Waals surface area contributed by atoms with Gasteiger partial charge in [-0.05, 0) is 47.5 Å². The number of benzene rings is 1. The molecule has 0 bridgehead atoms. The van der Waals surface area contributed by atoms with Crippen LogP contribution in [0, 0.1) is 12.7 Å². The van der Waals surface area contributed by atoms with Crippen LogP contribution in [0.4, 0.5) is 4.39 Å². The number of hydrogen-bond donors (Lipinski definition) is 0. The minimum Gasteiger partial charge on any atom is -0.207 e. The van der Waals surface area contributed by atoms with Gasteiger partial charge in [-0.2, -0.15) is 4.31 Å². The van der Waals surface area contributed by atoms with Gasteiger partial charge < -0.3 is 0 Å². The summed E-state index contributed by atoms with van der Waals surface area (Å²) in [6, 6.07) is 7.24. The third-order valence-corrected chi connectivity index (χ3v) is 7.88. The molecule has 0 saturated heterocycles. The predicted octanol–water partition coefficient (Wildman–Crippen LogP) is 4.34. The first-order chi connectivity index (χ1) is 9.75. The molecule has 114 valence electrons. The molecule has 2 rings (SSSR count). The normalized spacial score (nSPS) is 13.6. The van der Waals surface area contributed by atoms with Crippen LogP contribution in [-0.2, 0) is 10.0 Å². The first-order valence-corrected chi connectivity index (χ1v) is 9.28. The first kappa shape index (κ1) is 16.6. The maximum atomic E-state index is 13.8. The summed E-state index contributed by atoms with van der Waals surface area (Å²) in [5.41, 5.74) is 1.22. The molecule has 1 heterocycles. The Morgan fingerprint density at radius 2 is 1.95 bits per heavy atom. The van der Waals surface area contributed by atoms with Gasteiger partial charge in [-0.25, -0.2) is 12.8 Å². The van der Waals surface area contributed by atoms with E-state index in [0.717, 1.165) is 20.7 Å². The molecule has 0 saturated carbocycles. The van der Waals surface area contributed by atoms with E-state index in [-0.39, 0.29) is 4.21 Å². The summed E-state index contributed by atoms with van der Waals surface area (Å²) in [7, 11) is -2.18. The van der Waals surface area contributed by atoms with E-state index < -0.39 is 21.9 Å². The average Bonchev–Trinajstić information content (AvgIpc) is 2.78. The van der Waals surface area contributed by atoms with Crippen LogP contribution in [0.25, 0.3) is 0 Å². The van der Waals surface area contributed by atoms with E-state index in [1.807, 2.05) is 6.92 Å². The summed E-state index contributed by atoms with van der Waals surface area (Å²) in [6.45, 7) is 3.51. The number of nitrogens with zero attached hydrogens (tertiary/aromatic N) is 1. The van der Waals surface area contributed by atoms with Gasteiger partial charge >= 0.3 is 0 Å². The van der Waals surface area contributed by atoms with Crippen LogP contribution in [-0.4, -0.2) is 19.8 Å². The van der Waals surface area contributed by atoms with E-state index in [0.29, 0.717) is 5.56 Å². The van der Waals surface area contributed by atoms with Gasteiger partial charge in [0.2, 0.25) is 0 Å². The fraction of sp³-hybridized carbons (Fsp3) is 0.286. The van der Waals surface area contributed by atoms with E-state index in [1.165, 1.54) is 17.4 Å². The highest BCUT2D eigenvalue weighted by Gasteiger charge is 2.29. The van der Waals surface area contributed by atoms with Crippen molar-refractivity contribution in [1.82, 2.24) is 4.31 Å². The second-order valence-corrected chi connectivity index (χ2v) is 9.34. The van der Waals surface area contributed by atoms with Crippen molar-refractivity contribution >= 4 is 37.3 Å². The molecule has 0 amide bonds. The molecule has 7 heteroatoms. The van der Waals surface area contributed by atoms with Gasteiger partial charge in [0.25, 0.3) is 10.0 Å². The van der Waals surface area contributed by atoms with Crippen molar-refractivity contribution in [3.05, 3.63) is 51.1 Å². The first-order valence-electron chi connectivity index (χ1n) is 6.23. The Kier molecular flexibility index (Phi) is 4.87. The van der Waals surface area contributed by atoms with Gasteiger partial charge in [-0.3, -0.25) is 0 Å². The minimum atomic E-state index is -3.65. The zero-order chi connectivity index (χ0) is 15.8. The summed E-state index contributed by atoms with van der Waals surface area (Å²) in [4.78, 5) is 0. The Balaban J connectivity index is 2.38. The summed E-state index contributed by atoms with van der Waals surface area (Å²) >= 11 is 4.49. The lowest BCUT2D eigenvalue weighted by Gasteiger charge is -2.24. The zero-order valence-electron chi connectivity index (χ0n) is 11.8. The van der Waals surface area contributed by atoms with Gasteiger partial charge in [0, 0.05) is 18.7 Å². The lowest BCUT2D eigenvalue weighted by Crippen LogP contribution is -2.29. The fourth-order valence-electron chi connectivity index (χ4n) is 1.92. The van der Waals surface area contributed by atoms with Crippen molar-refractivity contribution in [2.45, 2.75) is 24.1 Å². The zero-order valence-corrected chi connectivity index (χ0v) is 15.0. The van der Waals surface area contributed by atoms with Crippen molar-refractivity contribution in [3.63, 3.8) is 0 Å². The van der Waals surface area contributed by atoms with Crippen LogP contribution in [0.1, 0.15) is 24.1 Å². The second kappa shape index (κ2) is 6.16. The Labute approximate surface area is 136 Å². The number of halogens is 2. The van der Waals surface area contributed by atoms with Crippen LogP contribution in [0.15, 0.2) is 38.3 Å². The van der Waals surface area contributed by atoms with Gasteiger partial charge in [0.05, 0.1) is 3.79 Å². The van der Waals surface area contributed by atoms with Gasteiger partial charge in [0.15, 0.2) is 0 Å². The molecule has 1 unspecified atom stereocenters. The highest BCUT2D eigenvalue weighted by atomic mass is 79.9. The molecule has 0 spiro atoms. The third-order valence-electron chi connectivity index (χ3n) is 3.37. The van der Waals surface area contributed by atoms with E-state index in [4.69, 9.17) is 0 Å². The topological polar surface area (TPSA) is 37.4 Å². The third kappa shape index (κ3) is 3.21. The van der Waals surface area contributed by atoms with E-state index in [2.05, 4.69) is 15.9 Å². The number of rotatable bonds is 4. The van der Waals surface area contributed by atoms with Crippen LogP contribution in [0.5, 0.6) is 0 Å². The largest absolute Gasteiger partial charge is 0.252 e. The minimum absolute atomic E-state index is 0.248. The van der Waals surface area contributed by atoms with Crippen LogP contribution < -0.4 is 0 Å². The van der Waals surface area contributed by atoms with Crippen LogP contribution in [0.2, 0.25) is 0 Å². The monoisotopic (exact) mass is 391 g/mol. The molecule has 0 radical (unpaired) electrons. The Bertz CT molecular complexity index is 739. The van der Waals surface area contributed by atoms with E-state index in [1.54, 1.807) is 31.2 Å². The van der Waals surface area contributed by atoms with Crippen molar-refractivity contribution in [2.24, 2.45) is 0 Å². The predicted molar refractivity (Wildman–Crippen MR) is 86.5 cm³/mol. The highest BCUT2D eigenvalue weighted by molar-refractivity contribution is 9.11. The molecule has 2 aromatic rings. The van der Waals surface area contributed by atoms with Crippen LogP contribution in [0.3, 0.4) is 0 Å². The molecule has 21 heavy (non-hydrogen) atoms. The molecular weight excluding hydrogens is 377 g/mol. The Morgan fingerprint density at radius 1 is 1.33 bits per heavy atom. The van der Waals surface area contributed by atoms with E-state index in [9.17, 15) is 12.8 Å². The average molecular weight is 392 g/mol. The summed E-state index contributed by atoms with van der Waals surface area (Å²) in [5, 5.41) is 0. The Hall–Kier alpha value is -0.760. The van der Waals surface area contributed by atoms with Crippen LogP contribution >= 0.6 is 27.3 Å². The lowest BCUT2D eigenvalue weighted by atomic mass is 10.1. The standard InChI is InChI=1S/C14H15BrFNO2S2/c1-9-8-13(20-14(9)15)21(18,19)17(3)10(2)11-6-4-5-7-12(11)16/h4-8,10H,1-3H3. The van der Waals surface area contributed by atoms with E-state index >= 15 is 0 Å². The number of thiophene rings is 1. The molecule has 0 fully saturated rings. The van der Waals surface area contributed by atoms with Gasteiger partial charge in [-0.1, -0.05) is 18.2 Å². The molecule has 0 N–H and O–H groups in total. The maximum absolute atomic E-state index is 13.8. The molecule has 1 aromatic carbocycles. The number of hydrogen-bond acceptors (Lipinski definition) is 3. The molecule has 1 aromatic heterocycles. The molecule has 3 nitrogen and oxygen atoms in total. The summed E-state index contributed by atoms with van der Waals surface area (Å²) < 4.78 is 41.3. The lowest BCUT2D eigenvalue weighted by molar-refractivity contribution is 0.388. The van der Waals surface area contributed by atoms with Crippen molar-refractivity contribution in [3.8, 4) is 0 Å². The smallest absolute Gasteiger partial charge is 0.207 e. The fourth-order valence-corrected chi connectivity index (χ4v) is 5.67. The molecule has 1 atom stereocenters. The number of aryl methyl sites for hydroxylation is 1. The van der Waals surface area contributed by atoms with Crippen molar-refractivity contribution < 1.29 is 12.8 Å². The van der Waals surface area contributed by atoms with Gasteiger partial charge in [-0.15, -0.1) is 11.3 Å². The molecule has 0 aliphatic heterocycles. The van der Waals surface area contributed by atoms with Gasteiger partial charge in [0.1, 0.15) is 10.0 Å². The van der Waals surface area contributed by atoms with Crippen molar-refractivity contribution in [1.29, 1.82) is 0 Å². The SMILES string of the molecule is Cc1cc(S(=O)(=O)N(C)C(C)c2ccccc2F)sc1Br. The molecule has 0 aliphatic carbocycles. The summed E-state index contributed by atoms with van der Waals surface area (Å²) in [6.07, 6.45) is 0. The quantitative estimate of drug-likeness (QED) is 0.776. The molecule has 0 aliphatic rings. The maximum Gasteiger partial charge on any atom is 0.252 e. The second-order valence-electron chi connectivity index (χ2n) is 4.74. The molecular formula is C14H15BrFNO2S2. The highest BCUT2D eigenvalue weighted by Crippen LogP contribution is 2.34. The Morgan fingerprint density at radius 3 is 2.48 bits per heavy atom. The van der Waals surface area contributed by atoms with Crippen molar-refractivity contribution in [2.75, 3.05) is 7.05 Å². The number of sulfonamides is 1.